The van der Waals surface area contributed by atoms with Crippen LogP contribution >= 0.6 is 15.9 Å². The number of aliphatic hydroxyl groups is 1. The number of ether oxygens (including phenoxy) is 1. The lowest BCUT2D eigenvalue weighted by Crippen LogP contribution is -2.29. The van der Waals surface area contributed by atoms with Gasteiger partial charge in [-0.1, -0.05) is 22.9 Å². The van der Waals surface area contributed by atoms with E-state index in [1.54, 1.807) is 18.2 Å². The molecule has 0 atom stereocenters. The molecule has 0 spiro atoms. The summed E-state index contributed by atoms with van der Waals surface area (Å²) in [6, 6.07) is 5.29. The van der Waals surface area contributed by atoms with E-state index < -0.39 is 0 Å². The van der Waals surface area contributed by atoms with E-state index in [1.165, 1.54) is 0 Å². The van der Waals surface area contributed by atoms with Crippen molar-refractivity contribution in [3.63, 3.8) is 0 Å². The number of hydrogen-bond donors (Lipinski definition) is 2. The maximum atomic E-state index is 11.3. The van der Waals surface area contributed by atoms with Gasteiger partial charge in [-0.2, -0.15) is 0 Å². The van der Waals surface area contributed by atoms with Crippen LogP contribution in [0.4, 0.5) is 0 Å². The van der Waals surface area contributed by atoms with Gasteiger partial charge in [-0.25, -0.2) is 0 Å². The van der Waals surface area contributed by atoms with Crippen molar-refractivity contribution in [1.29, 1.82) is 0 Å². The van der Waals surface area contributed by atoms with Gasteiger partial charge in [-0.15, -0.1) is 0 Å². The van der Waals surface area contributed by atoms with Gasteiger partial charge in [0.25, 0.3) is 5.91 Å². The molecule has 0 fully saturated rings. The van der Waals surface area contributed by atoms with Gasteiger partial charge in [0.1, 0.15) is 5.75 Å². The summed E-state index contributed by atoms with van der Waals surface area (Å²) >= 11 is 3.31. The number of amides is 1. The lowest BCUT2D eigenvalue weighted by atomic mass is 10.2. The molecule has 1 aromatic carbocycles. The second kappa shape index (κ2) is 7.29. The third-order valence-electron chi connectivity index (χ3n) is 2.12. The molecule has 4 nitrogen and oxygen atoms in total. The fraction of sp³-hybridized carbons (Fsp3) is 0.417. The molecule has 5 heteroatoms. The molecule has 0 saturated heterocycles. The Morgan fingerprint density at radius 3 is 2.94 bits per heavy atom. The standard InChI is InChI=1S/C12H16BrNO3/c1-2-5-14-12(16)8-17-11-4-3-10(13)6-9(11)7-15/h3-4,6,15H,2,5,7-8H2,1H3,(H,14,16). The first-order valence-corrected chi connectivity index (χ1v) is 6.25. The lowest BCUT2D eigenvalue weighted by Gasteiger charge is -2.10. The summed E-state index contributed by atoms with van der Waals surface area (Å²) in [5, 5.41) is 11.9. The molecule has 1 aromatic rings. The van der Waals surface area contributed by atoms with Crippen molar-refractivity contribution in [2.75, 3.05) is 13.2 Å². The predicted molar refractivity (Wildman–Crippen MR) is 68.9 cm³/mol. The Morgan fingerprint density at radius 2 is 2.29 bits per heavy atom. The van der Waals surface area contributed by atoms with Crippen LogP contribution in [0.5, 0.6) is 5.75 Å². The Hall–Kier alpha value is -1.07. The van der Waals surface area contributed by atoms with Crippen LogP contribution in [-0.4, -0.2) is 24.2 Å². The molecule has 0 aromatic heterocycles. The molecule has 2 N–H and O–H groups in total. The zero-order valence-corrected chi connectivity index (χ0v) is 11.3. The molecular formula is C12H16BrNO3. The number of hydrogen-bond acceptors (Lipinski definition) is 3. The maximum absolute atomic E-state index is 11.3. The number of aliphatic hydroxyl groups excluding tert-OH is 1. The summed E-state index contributed by atoms with van der Waals surface area (Å²) < 4.78 is 6.21. The first kappa shape index (κ1) is 14.0. The summed E-state index contributed by atoms with van der Waals surface area (Å²) in [5.74, 6) is 0.376. The van der Waals surface area contributed by atoms with E-state index in [4.69, 9.17) is 9.84 Å². The Bertz CT molecular complexity index is 382. The van der Waals surface area contributed by atoms with Crippen molar-refractivity contribution < 1.29 is 14.6 Å². The third-order valence-corrected chi connectivity index (χ3v) is 2.62. The first-order chi connectivity index (χ1) is 8.17. The van der Waals surface area contributed by atoms with Crippen molar-refractivity contribution in [2.45, 2.75) is 20.0 Å². The Morgan fingerprint density at radius 1 is 1.53 bits per heavy atom. The zero-order chi connectivity index (χ0) is 12.7. The lowest BCUT2D eigenvalue weighted by molar-refractivity contribution is -0.123. The van der Waals surface area contributed by atoms with E-state index in [-0.39, 0.29) is 19.1 Å². The normalized spacial score (nSPS) is 10.1. The highest BCUT2D eigenvalue weighted by Crippen LogP contribution is 2.23. The van der Waals surface area contributed by atoms with Crippen molar-refractivity contribution in [2.24, 2.45) is 0 Å². The highest BCUT2D eigenvalue weighted by atomic mass is 79.9. The van der Waals surface area contributed by atoms with Crippen LogP contribution in [0.15, 0.2) is 22.7 Å². The Labute approximate surface area is 109 Å². The number of carbonyl (C=O) groups is 1. The molecule has 1 amide bonds. The topological polar surface area (TPSA) is 58.6 Å². The SMILES string of the molecule is CCCNC(=O)COc1ccc(Br)cc1CO. The quantitative estimate of drug-likeness (QED) is 0.843. The van der Waals surface area contributed by atoms with Gasteiger partial charge < -0.3 is 15.2 Å². The molecule has 0 bridgehead atoms. The third kappa shape index (κ3) is 4.75. The summed E-state index contributed by atoms with van der Waals surface area (Å²) in [6.07, 6.45) is 0.895. The summed E-state index contributed by atoms with van der Waals surface area (Å²) in [7, 11) is 0. The fourth-order valence-electron chi connectivity index (χ4n) is 1.27. The van der Waals surface area contributed by atoms with Gasteiger partial charge in [0, 0.05) is 16.6 Å². The van der Waals surface area contributed by atoms with E-state index in [2.05, 4.69) is 21.2 Å². The Balaban J connectivity index is 2.54. The van der Waals surface area contributed by atoms with Crippen LogP contribution in [0.3, 0.4) is 0 Å². The van der Waals surface area contributed by atoms with E-state index in [0.717, 1.165) is 10.9 Å². The smallest absolute Gasteiger partial charge is 0.257 e. The van der Waals surface area contributed by atoms with Crippen LogP contribution in [0.2, 0.25) is 0 Å². The number of rotatable bonds is 6. The first-order valence-electron chi connectivity index (χ1n) is 5.46. The van der Waals surface area contributed by atoms with E-state index in [1.807, 2.05) is 6.92 Å². The maximum Gasteiger partial charge on any atom is 0.257 e. The minimum absolute atomic E-state index is 0.0331. The molecule has 94 valence electrons. The number of nitrogens with one attached hydrogen (secondary N) is 1. The van der Waals surface area contributed by atoms with E-state index in [0.29, 0.717) is 17.9 Å². The van der Waals surface area contributed by atoms with Crippen LogP contribution in [0, 0.1) is 0 Å². The predicted octanol–water partition coefficient (Wildman–Crippen LogP) is 1.85. The minimum atomic E-state index is -0.154. The van der Waals surface area contributed by atoms with E-state index >= 15 is 0 Å². The van der Waals surface area contributed by atoms with E-state index in [9.17, 15) is 4.79 Å². The second-order valence-corrected chi connectivity index (χ2v) is 4.46. The van der Waals surface area contributed by atoms with Crippen LogP contribution in [0.25, 0.3) is 0 Å². The average Bonchev–Trinajstić information content (AvgIpc) is 2.34. The van der Waals surface area contributed by atoms with Gasteiger partial charge in [0.05, 0.1) is 6.61 Å². The monoisotopic (exact) mass is 301 g/mol. The van der Waals surface area contributed by atoms with Gasteiger partial charge in [0.15, 0.2) is 6.61 Å². The summed E-state index contributed by atoms with van der Waals surface area (Å²) in [4.78, 5) is 11.3. The molecule has 0 aliphatic carbocycles. The molecule has 1 rings (SSSR count). The fourth-order valence-corrected chi connectivity index (χ4v) is 1.68. The number of benzene rings is 1. The van der Waals surface area contributed by atoms with Crippen LogP contribution in [0.1, 0.15) is 18.9 Å². The van der Waals surface area contributed by atoms with Crippen molar-refractivity contribution in [1.82, 2.24) is 5.32 Å². The number of halogens is 1. The van der Waals surface area contributed by atoms with Gasteiger partial charge in [-0.05, 0) is 24.6 Å². The zero-order valence-electron chi connectivity index (χ0n) is 9.70. The molecule has 0 radical (unpaired) electrons. The number of carbonyl (C=O) groups excluding carboxylic acids is 1. The Kier molecular flexibility index (Phi) is 6.00. The largest absolute Gasteiger partial charge is 0.483 e. The van der Waals surface area contributed by atoms with Gasteiger partial charge >= 0.3 is 0 Å². The van der Waals surface area contributed by atoms with Crippen molar-refractivity contribution in [3.8, 4) is 5.75 Å². The van der Waals surface area contributed by atoms with Gasteiger partial charge in [-0.3, -0.25) is 4.79 Å². The van der Waals surface area contributed by atoms with Crippen molar-refractivity contribution >= 4 is 21.8 Å². The van der Waals surface area contributed by atoms with Crippen LogP contribution < -0.4 is 10.1 Å². The molecule has 0 aliphatic heterocycles. The van der Waals surface area contributed by atoms with Crippen LogP contribution in [-0.2, 0) is 11.4 Å². The molecule has 0 unspecified atom stereocenters. The molecular weight excluding hydrogens is 286 g/mol. The molecule has 0 aliphatic rings. The average molecular weight is 302 g/mol. The van der Waals surface area contributed by atoms with Gasteiger partial charge in [0.2, 0.25) is 0 Å². The molecule has 0 heterocycles. The molecule has 17 heavy (non-hydrogen) atoms. The minimum Gasteiger partial charge on any atom is -0.483 e. The molecule has 0 saturated carbocycles. The summed E-state index contributed by atoms with van der Waals surface area (Å²) in [6.45, 7) is 2.48. The highest BCUT2D eigenvalue weighted by molar-refractivity contribution is 9.10. The summed E-state index contributed by atoms with van der Waals surface area (Å²) in [5.41, 5.74) is 0.655. The highest BCUT2D eigenvalue weighted by Gasteiger charge is 2.06. The van der Waals surface area contributed by atoms with Crippen molar-refractivity contribution in [3.05, 3.63) is 28.2 Å². The second-order valence-electron chi connectivity index (χ2n) is 3.55.